The molecule has 1 aliphatic carbocycles. The number of nitrogens with zero attached hydrogens (tertiary/aromatic N) is 4. The van der Waals surface area contributed by atoms with Gasteiger partial charge in [0, 0.05) is 58.6 Å². The van der Waals surface area contributed by atoms with Crippen LogP contribution in [0.25, 0.3) is 0 Å². The van der Waals surface area contributed by atoms with E-state index in [0.29, 0.717) is 5.92 Å². The number of ether oxygens (including phenoxy) is 2. The Morgan fingerprint density at radius 2 is 2.11 bits per heavy atom. The SMILES string of the molecule is CN=C(NCc1ccnc(OCC2CC2)c1)N1CCC(CN2CCOCC2)C1. The van der Waals surface area contributed by atoms with Crippen LogP contribution >= 0.6 is 0 Å². The van der Waals surface area contributed by atoms with E-state index in [1.165, 1.54) is 31.4 Å². The molecule has 0 bridgehead atoms. The Balaban J connectivity index is 1.23. The fourth-order valence-corrected chi connectivity index (χ4v) is 3.96. The maximum atomic E-state index is 5.80. The van der Waals surface area contributed by atoms with E-state index >= 15 is 0 Å². The molecule has 7 heteroatoms. The molecule has 1 saturated carbocycles. The maximum absolute atomic E-state index is 5.80. The Morgan fingerprint density at radius 3 is 2.89 bits per heavy atom. The molecule has 0 radical (unpaired) electrons. The summed E-state index contributed by atoms with van der Waals surface area (Å²) in [6.45, 7) is 8.72. The van der Waals surface area contributed by atoms with Crippen molar-refractivity contribution >= 4 is 5.96 Å². The summed E-state index contributed by atoms with van der Waals surface area (Å²) >= 11 is 0. The Kier molecular flexibility index (Phi) is 6.65. The molecule has 2 aliphatic heterocycles. The molecule has 3 heterocycles. The van der Waals surface area contributed by atoms with E-state index < -0.39 is 0 Å². The van der Waals surface area contributed by atoms with Gasteiger partial charge < -0.3 is 19.7 Å². The number of rotatable bonds is 7. The van der Waals surface area contributed by atoms with E-state index in [1.807, 2.05) is 25.4 Å². The van der Waals surface area contributed by atoms with Crippen LogP contribution in [0.15, 0.2) is 23.3 Å². The molecule has 1 atom stereocenters. The van der Waals surface area contributed by atoms with E-state index in [-0.39, 0.29) is 0 Å². The van der Waals surface area contributed by atoms with Gasteiger partial charge in [0.2, 0.25) is 5.88 Å². The van der Waals surface area contributed by atoms with Crippen molar-refractivity contribution in [3.63, 3.8) is 0 Å². The summed E-state index contributed by atoms with van der Waals surface area (Å²) in [5, 5.41) is 3.52. The van der Waals surface area contributed by atoms with Gasteiger partial charge in [0.25, 0.3) is 0 Å². The van der Waals surface area contributed by atoms with Crippen LogP contribution in [0.3, 0.4) is 0 Å². The topological polar surface area (TPSA) is 62.2 Å². The van der Waals surface area contributed by atoms with Crippen LogP contribution in [0.1, 0.15) is 24.8 Å². The van der Waals surface area contributed by atoms with E-state index in [0.717, 1.165) is 70.3 Å². The summed E-state index contributed by atoms with van der Waals surface area (Å²) in [6.07, 6.45) is 5.64. The van der Waals surface area contributed by atoms with Gasteiger partial charge in [-0.3, -0.25) is 9.89 Å². The number of hydrogen-bond donors (Lipinski definition) is 1. The molecule has 3 fully saturated rings. The smallest absolute Gasteiger partial charge is 0.213 e. The van der Waals surface area contributed by atoms with Crippen LogP contribution in [0.2, 0.25) is 0 Å². The number of nitrogens with one attached hydrogen (secondary N) is 1. The monoisotopic (exact) mass is 387 g/mol. The summed E-state index contributed by atoms with van der Waals surface area (Å²) in [7, 11) is 1.87. The van der Waals surface area contributed by atoms with Gasteiger partial charge in [-0.1, -0.05) is 0 Å². The van der Waals surface area contributed by atoms with Crippen molar-refractivity contribution in [1.82, 2.24) is 20.1 Å². The predicted octanol–water partition coefficient (Wildman–Crippen LogP) is 1.60. The summed E-state index contributed by atoms with van der Waals surface area (Å²) in [5.74, 6) is 3.16. The number of hydrogen-bond acceptors (Lipinski definition) is 5. The standard InChI is InChI=1S/C21H33N5O2/c1-22-21(26-7-5-19(15-26)14-25-8-10-27-11-9-25)24-13-18-4-6-23-20(12-18)28-16-17-2-3-17/h4,6,12,17,19H,2-3,5,7-11,13-16H2,1H3,(H,22,24). The number of aliphatic imine (C=N–C) groups is 1. The van der Waals surface area contributed by atoms with Crippen LogP contribution in [-0.4, -0.2) is 80.3 Å². The van der Waals surface area contributed by atoms with Crippen molar-refractivity contribution in [2.45, 2.75) is 25.8 Å². The normalized spacial score (nSPS) is 23.8. The summed E-state index contributed by atoms with van der Waals surface area (Å²) < 4.78 is 11.3. The van der Waals surface area contributed by atoms with Gasteiger partial charge in [-0.2, -0.15) is 0 Å². The minimum atomic E-state index is 0.708. The minimum absolute atomic E-state index is 0.708. The van der Waals surface area contributed by atoms with Crippen molar-refractivity contribution < 1.29 is 9.47 Å². The molecule has 7 nitrogen and oxygen atoms in total. The van der Waals surface area contributed by atoms with Crippen LogP contribution in [0, 0.1) is 11.8 Å². The number of morpholine rings is 1. The van der Waals surface area contributed by atoms with Crippen LogP contribution < -0.4 is 10.1 Å². The lowest BCUT2D eigenvalue weighted by atomic mass is 10.1. The highest BCUT2D eigenvalue weighted by Gasteiger charge is 2.27. The number of likely N-dealkylation sites (tertiary alicyclic amines) is 1. The summed E-state index contributed by atoms with van der Waals surface area (Å²) in [6, 6.07) is 4.07. The highest BCUT2D eigenvalue weighted by Crippen LogP contribution is 2.29. The van der Waals surface area contributed by atoms with Crippen LogP contribution in [0.5, 0.6) is 5.88 Å². The zero-order chi connectivity index (χ0) is 19.2. The highest BCUT2D eigenvalue weighted by atomic mass is 16.5. The second-order valence-corrected chi connectivity index (χ2v) is 8.17. The molecule has 2 saturated heterocycles. The lowest BCUT2D eigenvalue weighted by Gasteiger charge is -2.29. The van der Waals surface area contributed by atoms with Gasteiger partial charge in [0.05, 0.1) is 19.8 Å². The summed E-state index contributed by atoms with van der Waals surface area (Å²) in [4.78, 5) is 13.8. The largest absolute Gasteiger partial charge is 0.477 e. The highest BCUT2D eigenvalue weighted by molar-refractivity contribution is 5.80. The van der Waals surface area contributed by atoms with Crippen molar-refractivity contribution in [3.05, 3.63) is 23.9 Å². The molecule has 4 rings (SSSR count). The predicted molar refractivity (Wildman–Crippen MR) is 110 cm³/mol. The van der Waals surface area contributed by atoms with Gasteiger partial charge in [-0.15, -0.1) is 0 Å². The zero-order valence-corrected chi connectivity index (χ0v) is 17.0. The zero-order valence-electron chi connectivity index (χ0n) is 17.0. The van der Waals surface area contributed by atoms with Gasteiger partial charge in [0.15, 0.2) is 5.96 Å². The third-order valence-electron chi connectivity index (χ3n) is 5.83. The summed E-state index contributed by atoms with van der Waals surface area (Å²) in [5.41, 5.74) is 1.17. The molecule has 154 valence electrons. The second kappa shape index (κ2) is 9.56. The number of pyridine rings is 1. The average Bonchev–Trinajstić information content (AvgIpc) is 3.46. The fraction of sp³-hybridized carbons (Fsp3) is 0.714. The van der Waals surface area contributed by atoms with Gasteiger partial charge in [-0.25, -0.2) is 4.98 Å². The molecule has 1 aromatic heterocycles. The van der Waals surface area contributed by atoms with Gasteiger partial charge in [0.1, 0.15) is 0 Å². The van der Waals surface area contributed by atoms with Gasteiger partial charge in [-0.05, 0) is 42.7 Å². The van der Waals surface area contributed by atoms with Crippen molar-refractivity contribution in [2.24, 2.45) is 16.8 Å². The lowest BCUT2D eigenvalue weighted by Crippen LogP contribution is -2.42. The molecule has 28 heavy (non-hydrogen) atoms. The number of aromatic nitrogens is 1. The molecule has 0 amide bonds. The average molecular weight is 388 g/mol. The van der Waals surface area contributed by atoms with Crippen LogP contribution in [0.4, 0.5) is 0 Å². The first kappa shape index (κ1) is 19.5. The van der Waals surface area contributed by atoms with E-state index in [9.17, 15) is 0 Å². The molecule has 0 spiro atoms. The fourth-order valence-electron chi connectivity index (χ4n) is 3.96. The third-order valence-corrected chi connectivity index (χ3v) is 5.83. The molecule has 0 aromatic carbocycles. The molecule has 1 aromatic rings. The Hall–Kier alpha value is -1.86. The first-order valence-electron chi connectivity index (χ1n) is 10.6. The molecule has 3 aliphatic rings. The Labute approximate surface area is 168 Å². The third kappa shape index (κ3) is 5.58. The number of guanidine groups is 1. The van der Waals surface area contributed by atoms with Crippen LogP contribution in [-0.2, 0) is 11.3 Å². The van der Waals surface area contributed by atoms with E-state index in [4.69, 9.17) is 9.47 Å². The Bertz CT molecular complexity index is 658. The molecule has 1 unspecified atom stereocenters. The van der Waals surface area contributed by atoms with Crippen molar-refractivity contribution in [1.29, 1.82) is 0 Å². The van der Waals surface area contributed by atoms with Crippen molar-refractivity contribution in [2.75, 3.05) is 59.6 Å². The first-order chi connectivity index (χ1) is 13.8. The quantitative estimate of drug-likeness (QED) is 0.566. The minimum Gasteiger partial charge on any atom is -0.477 e. The second-order valence-electron chi connectivity index (χ2n) is 8.17. The van der Waals surface area contributed by atoms with E-state index in [1.54, 1.807) is 0 Å². The Morgan fingerprint density at radius 1 is 1.25 bits per heavy atom. The van der Waals surface area contributed by atoms with E-state index in [2.05, 4.69) is 25.1 Å². The molecular formula is C21H33N5O2. The lowest BCUT2D eigenvalue weighted by molar-refractivity contribution is 0.0315. The first-order valence-corrected chi connectivity index (χ1v) is 10.6. The van der Waals surface area contributed by atoms with Gasteiger partial charge >= 0.3 is 0 Å². The maximum Gasteiger partial charge on any atom is 0.213 e. The van der Waals surface area contributed by atoms with Crippen molar-refractivity contribution in [3.8, 4) is 5.88 Å². The molecular weight excluding hydrogens is 354 g/mol. The molecule has 1 N–H and O–H groups in total.